The molecule has 2 nitrogen and oxygen atoms in total. The van der Waals surface area contributed by atoms with E-state index in [1.54, 1.807) is 0 Å². The highest BCUT2D eigenvalue weighted by atomic mass is 79.9. The third-order valence-electron chi connectivity index (χ3n) is 1.90. The van der Waals surface area contributed by atoms with Gasteiger partial charge in [0.1, 0.15) is 0 Å². The Bertz CT molecular complexity index is 287. The van der Waals surface area contributed by atoms with Crippen LogP contribution in [0, 0.1) is 0 Å². The van der Waals surface area contributed by atoms with Crippen LogP contribution in [0.1, 0.15) is 24.5 Å². The van der Waals surface area contributed by atoms with E-state index in [0.717, 1.165) is 28.6 Å². The van der Waals surface area contributed by atoms with Crippen LogP contribution in [-0.4, -0.2) is 11.7 Å². The highest BCUT2D eigenvalue weighted by Gasteiger charge is 2.01. The fraction of sp³-hybridized carbons (Fsp3) is 0.455. The van der Waals surface area contributed by atoms with Crippen LogP contribution >= 0.6 is 15.9 Å². The molecular formula is C11H15BrO2. The van der Waals surface area contributed by atoms with Crippen molar-refractivity contribution in [1.29, 1.82) is 0 Å². The van der Waals surface area contributed by atoms with Crippen molar-refractivity contribution in [3.63, 3.8) is 0 Å². The molecule has 78 valence electrons. The van der Waals surface area contributed by atoms with Gasteiger partial charge in [0.15, 0.2) is 0 Å². The predicted molar refractivity (Wildman–Crippen MR) is 60.0 cm³/mol. The molecule has 0 radical (unpaired) electrons. The number of aliphatic hydroxyl groups excluding tert-OH is 1. The third-order valence-corrected chi connectivity index (χ3v) is 2.67. The van der Waals surface area contributed by atoms with Crippen LogP contribution in [0.15, 0.2) is 22.7 Å². The van der Waals surface area contributed by atoms with Crippen molar-refractivity contribution >= 4 is 15.9 Å². The van der Waals surface area contributed by atoms with E-state index in [9.17, 15) is 0 Å². The third kappa shape index (κ3) is 3.40. The molecule has 14 heavy (non-hydrogen) atoms. The van der Waals surface area contributed by atoms with Gasteiger partial charge in [-0.25, -0.2) is 0 Å². The molecule has 0 aromatic heterocycles. The molecule has 0 saturated heterocycles. The van der Waals surface area contributed by atoms with E-state index in [2.05, 4.69) is 22.9 Å². The molecule has 1 rings (SSSR count). The van der Waals surface area contributed by atoms with E-state index in [1.807, 2.05) is 18.2 Å². The summed E-state index contributed by atoms with van der Waals surface area (Å²) < 4.78 is 6.47. The number of benzene rings is 1. The zero-order chi connectivity index (χ0) is 10.4. The monoisotopic (exact) mass is 258 g/mol. The summed E-state index contributed by atoms with van der Waals surface area (Å²) in [7, 11) is 0. The van der Waals surface area contributed by atoms with E-state index in [0.29, 0.717) is 6.61 Å². The molecule has 0 saturated carbocycles. The number of hydrogen-bond donors (Lipinski definition) is 1. The van der Waals surface area contributed by atoms with Crippen molar-refractivity contribution in [2.45, 2.75) is 26.6 Å². The molecule has 1 N–H and O–H groups in total. The van der Waals surface area contributed by atoms with Gasteiger partial charge in [-0.15, -0.1) is 0 Å². The summed E-state index contributed by atoms with van der Waals surface area (Å²) in [5.74, 6) is 0. The Morgan fingerprint density at radius 1 is 1.43 bits per heavy atom. The second kappa shape index (κ2) is 6.17. The second-order valence-electron chi connectivity index (χ2n) is 3.14. The molecule has 0 aliphatic carbocycles. The maximum absolute atomic E-state index is 8.97. The second-order valence-corrected chi connectivity index (χ2v) is 3.99. The average molecular weight is 259 g/mol. The summed E-state index contributed by atoms with van der Waals surface area (Å²) in [6.07, 6.45) is 1.03. The lowest BCUT2D eigenvalue weighted by Gasteiger charge is -2.07. The average Bonchev–Trinajstić information content (AvgIpc) is 2.21. The van der Waals surface area contributed by atoms with Gasteiger partial charge in [0.05, 0.1) is 13.2 Å². The number of hydrogen-bond acceptors (Lipinski definition) is 2. The van der Waals surface area contributed by atoms with Crippen LogP contribution in [-0.2, 0) is 18.0 Å². The molecule has 0 aliphatic heterocycles. The Morgan fingerprint density at radius 3 is 2.86 bits per heavy atom. The van der Waals surface area contributed by atoms with Gasteiger partial charge in [0, 0.05) is 11.1 Å². The van der Waals surface area contributed by atoms with Gasteiger partial charge in [-0.2, -0.15) is 0 Å². The van der Waals surface area contributed by atoms with Gasteiger partial charge < -0.3 is 9.84 Å². The number of rotatable bonds is 5. The molecule has 1 aromatic rings. The van der Waals surface area contributed by atoms with E-state index >= 15 is 0 Å². The van der Waals surface area contributed by atoms with Crippen molar-refractivity contribution in [1.82, 2.24) is 0 Å². The van der Waals surface area contributed by atoms with E-state index < -0.39 is 0 Å². The van der Waals surface area contributed by atoms with Gasteiger partial charge in [0.25, 0.3) is 0 Å². The lowest BCUT2D eigenvalue weighted by molar-refractivity contribution is 0.121. The lowest BCUT2D eigenvalue weighted by Crippen LogP contribution is -1.96. The van der Waals surface area contributed by atoms with E-state index in [1.165, 1.54) is 0 Å². The Hall–Kier alpha value is -0.380. The lowest BCUT2D eigenvalue weighted by atomic mass is 10.1. The van der Waals surface area contributed by atoms with Gasteiger partial charge in [-0.1, -0.05) is 35.0 Å². The van der Waals surface area contributed by atoms with Gasteiger partial charge in [-0.3, -0.25) is 0 Å². The number of ether oxygens (including phenoxy) is 1. The van der Waals surface area contributed by atoms with E-state index in [-0.39, 0.29) is 6.61 Å². The molecule has 1 aromatic carbocycles. The summed E-state index contributed by atoms with van der Waals surface area (Å²) in [6, 6.07) is 5.79. The molecule has 0 atom stereocenters. The van der Waals surface area contributed by atoms with Crippen molar-refractivity contribution in [3.8, 4) is 0 Å². The van der Waals surface area contributed by atoms with Crippen LogP contribution in [0.3, 0.4) is 0 Å². The zero-order valence-electron chi connectivity index (χ0n) is 8.29. The van der Waals surface area contributed by atoms with Crippen molar-refractivity contribution in [2.24, 2.45) is 0 Å². The SMILES string of the molecule is CCCOCc1cc(CO)ccc1Br. The first-order valence-corrected chi connectivity index (χ1v) is 5.53. The van der Waals surface area contributed by atoms with Gasteiger partial charge in [-0.05, 0) is 23.6 Å². The number of aliphatic hydroxyl groups is 1. The molecule has 0 bridgehead atoms. The maximum Gasteiger partial charge on any atom is 0.0727 e. The molecule has 0 amide bonds. The van der Waals surface area contributed by atoms with Crippen molar-refractivity contribution in [3.05, 3.63) is 33.8 Å². The minimum atomic E-state index is 0.0774. The summed E-state index contributed by atoms with van der Waals surface area (Å²) in [5.41, 5.74) is 2.01. The molecule has 0 fully saturated rings. The summed E-state index contributed by atoms with van der Waals surface area (Å²) in [6.45, 7) is 3.53. The normalized spacial score (nSPS) is 10.5. The summed E-state index contributed by atoms with van der Waals surface area (Å²) in [5, 5.41) is 8.97. The van der Waals surface area contributed by atoms with E-state index in [4.69, 9.17) is 9.84 Å². The fourth-order valence-corrected chi connectivity index (χ4v) is 1.52. The zero-order valence-corrected chi connectivity index (χ0v) is 9.88. The molecular weight excluding hydrogens is 244 g/mol. The molecule has 0 aliphatic rings. The molecule has 0 unspecified atom stereocenters. The van der Waals surface area contributed by atoms with Gasteiger partial charge >= 0.3 is 0 Å². The van der Waals surface area contributed by atoms with Crippen molar-refractivity contribution in [2.75, 3.05) is 6.61 Å². The molecule has 0 spiro atoms. The summed E-state index contributed by atoms with van der Waals surface area (Å²) >= 11 is 3.45. The van der Waals surface area contributed by atoms with Crippen LogP contribution in [0.5, 0.6) is 0 Å². The maximum atomic E-state index is 8.97. The minimum Gasteiger partial charge on any atom is -0.392 e. The fourth-order valence-electron chi connectivity index (χ4n) is 1.16. The Labute approximate surface area is 93.0 Å². The Morgan fingerprint density at radius 2 is 2.21 bits per heavy atom. The topological polar surface area (TPSA) is 29.5 Å². The standard InChI is InChI=1S/C11H15BrO2/c1-2-5-14-8-10-6-9(7-13)3-4-11(10)12/h3-4,6,13H,2,5,7-8H2,1H3. The van der Waals surface area contributed by atoms with Crippen molar-refractivity contribution < 1.29 is 9.84 Å². The smallest absolute Gasteiger partial charge is 0.0727 e. The Balaban J connectivity index is 2.64. The highest BCUT2D eigenvalue weighted by molar-refractivity contribution is 9.10. The first-order chi connectivity index (χ1) is 6.77. The van der Waals surface area contributed by atoms with Crippen LogP contribution in [0.2, 0.25) is 0 Å². The number of halogens is 1. The largest absolute Gasteiger partial charge is 0.392 e. The van der Waals surface area contributed by atoms with Crippen LogP contribution in [0.4, 0.5) is 0 Å². The van der Waals surface area contributed by atoms with Crippen LogP contribution < -0.4 is 0 Å². The minimum absolute atomic E-state index is 0.0774. The first kappa shape index (κ1) is 11.7. The molecule has 3 heteroatoms. The van der Waals surface area contributed by atoms with Gasteiger partial charge in [0.2, 0.25) is 0 Å². The summed E-state index contributed by atoms with van der Waals surface area (Å²) in [4.78, 5) is 0. The molecule has 0 heterocycles. The highest BCUT2D eigenvalue weighted by Crippen LogP contribution is 2.19. The quantitative estimate of drug-likeness (QED) is 0.824. The van der Waals surface area contributed by atoms with Crippen LogP contribution in [0.25, 0.3) is 0 Å². The Kier molecular flexibility index (Phi) is 5.15. The first-order valence-electron chi connectivity index (χ1n) is 4.73. The predicted octanol–water partition coefficient (Wildman–Crippen LogP) is 2.87.